The van der Waals surface area contributed by atoms with Gasteiger partial charge in [0.25, 0.3) is 0 Å². The number of hydrogen-bond donors (Lipinski definition) is 3. The van der Waals surface area contributed by atoms with Gasteiger partial charge < -0.3 is 16.2 Å². The number of aliphatic hydroxyl groups is 1. The summed E-state index contributed by atoms with van der Waals surface area (Å²) in [5.41, 5.74) is 9.20. The fourth-order valence-corrected chi connectivity index (χ4v) is 4.99. The van der Waals surface area contributed by atoms with Gasteiger partial charge in [-0.1, -0.05) is 12.1 Å². The Morgan fingerprint density at radius 2 is 1.73 bits per heavy atom. The van der Waals surface area contributed by atoms with Gasteiger partial charge in [0.15, 0.2) is 11.5 Å². The molecule has 202 valence electrons. The Labute approximate surface area is 235 Å². The van der Waals surface area contributed by atoms with E-state index in [-0.39, 0.29) is 5.82 Å². The van der Waals surface area contributed by atoms with Gasteiger partial charge in [-0.3, -0.25) is 9.47 Å². The Morgan fingerprint density at radius 3 is 2.46 bits per heavy atom. The molecule has 12 nitrogen and oxygen atoms in total. The molecule has 12 heteroatoms. The first kappa shape index (κ1) is 25.8. The number of piperidine rings is 1. The van der Waals surface area contributed by atoms with Crippen molar-refractivity contribution < 1.29 is 5.11 Å². The van der Waals surface area contributed by atoms with Gasteiger partial charge in [-0.2, -0.15) is 10.5 Å². The van der Waals surface area contributed by atoms with Crippen LogP contribution in [0.15, 0.2) is 67.0 Å². The van der Waals surface area contributed by atoms with Gasteiger partial charge in [0, 0.05) is 50.6 Å². The van der Waals surface area contributed by atoms with E-state index in [4.69, 9.17) is 16.0 Å². The van der Waals surface area contributed by atoms with Crippen LogP contribution >= 0.6 is 0 Å². The van der Waals surface area contributed by atoms with Crippen LogP contribution in [0, 0.1) is 22.7 Å². The number of hydrogen-bond acceptors (Lipinski definition) is 11. The van der Waals surface area contributed by atoms with Gasteiger partial charge in [-0.25, -0.2) is 24.9 Å². The van der Waals surface area contributed by atoms with E-state index in [1.807, 2.05) is 28.8 Å². The zero-order valence-corrected chi connectivity index (χ0v) is 21.9. The highest BCUT2D eigenvalue weighted by molar-refractivity contribution is 5.83. The van der Waals surface area contributed by atoms with Crippen molar-refractivity contribution >= 4 is 22.8 Å². The summed E-state index contributed by atoms with van der Waals surface area (Å²) in [6, 6.07) is 20.8. The molecule has 41 heavy (non-hydrogen) atoms. The standard InChI is InChI=1S/C29H25N11O/c30-16-20-5-8-23-28(35-20)40(27(36-23)22-2-1-12-34-26(22)32)21-6-3-19(4-7-21)18-39-14-10-29(41,11-15-39)38-24-9-13-33-25(17-31)37-24/h1-9,12-13,41H,10-11,14-15,18H2,(H2,32,34)(H,33,37,38). The normalized spacial score (nSPS) is 14.8. The summed E-state index contributed by atoms with van der Waals surface area (Å²) in [5.74, 6) is 1.43. The van der Waals surface area contributed by atoms with E-state index in [1.165, 1.54) is 6.20 Å². The first-order valence-corrected chi connectivity index (χ1v) is 13.0. The second-order valence-electron chi connectivity index (χ2n) is 9.83. The number of benzene rings is 1. The number of imidazole rings is 1. The van der Waals surface area contributed by atoms with Crippen LogP contribution in [-0.2, 0) is 6.54 Å². The van der Waals surface area contributed by atoms with Crippen molar-refractivity contribution in [2.45, 2.75) is 25.1 Å². The van der Waals surface area contributed by atoms with E-state index >= 15 is 0 Å². The maximum atomic E-state index is 11.0. The first-order valence-electron chi connectivity index (χ1n) is 13.0. The molecule has 0 atom stereocenters. The lowest BCUT2D eigenvalue weighted by Gasteiger charge is -2.38. The second kappa shape index (κ2) is 10.6. The molecule has 1 saturated heterocycles. The summed E-state index contributed by atoms with van der Waals surface area (Å²) in [7, 11) is 0. The Balaban J connectivity index is 1.21. The third-order valence-electron chi connectivity index (χ3n) is 7.10. The average Bonchev–Trinajstić information content (AvgIpc) is 3.37. The third-order valence-corrected chi connectivity index (χ3v) is 7.10. The monoisotopic (exact) mass is 543 g/mol. The topological polar surface area (TPSA) is 178 Å². The molecule has 1 fully saturated rings. The van der Waals surface area contributed by atoms with Crippen LogP contribution in [0.2, 0.25) is 0 Å². The Kier molecular flexibility index (Phi) is 6.69. The van der Waals surface area contributed by atoms with Gasteiger partial charge in [-0.05, 0) is 48.0 Å². The molecule has 1 aliphatic rings. The number of nitrogens with two attached hydrogens (primary N) is 1. The number of nitrogens with one attached hydrogen (secondary N) is 1. The summed E-state index contributed by atoms with van der Waals surface area (Å²) < 4.78 is 1.89. The molecule has 0 spiro atoms. The lowest BCUT2D eigenvalue weighted by Crippen LogP contribution is -2.49. The fourth-order valence-electron chi connectivity index (χ4n) is 4.99. The van der Waals surface area contributed by atoms with Gasteiger partial charge in [0.2, 0.25) is 5.82 Å². The largest absolute Gasteiger partial charge is 0.383 e. The zero-order valence-electron chi connectivity index (χ0n) is 21.9. The number of likely N-dealkylation sites (tertiary alicyclic amines) is 1. The predicted octanol–water partition coefficient (Wildman–Crippen LogP) is 2.99. The minimum absolute atomic E-state index is 0.0560. The van der Waals surface area contributed by atoms with E-state index < -0.39 is 5.72 Å². The lowest BCUT2D eigenvalue weighted by atomic mass is 9.99. The predicted molar refractivity (Wildman–Crippen MR) is 151 cm³/mol. The van der Waals surface area contributed by atoms with Crippen molar-refractivity contribution in [3.05, 3.63) is 84.1 Å². The fraction of sp³-hybridized carbons (Fsp3) is 0.207. The van der Waals surface area contributed by atoms with Crippen LogP contribution in [0.1, 0.15) is 29.9 Å². The SMILES string of the molecule is N#Cc1ccc2nc(-c3cccnc3N)n(-c3ccc(CN4CCC(O)(Nc5ccnc(C#N)n5)CC4)cc3)c2n1. The van der Waals surface area contributed by atoms with Crippen LogP contribution in [0.4, 0.5) is 11.6 Å². The minimum atomic E-state index is -1.11. The molecule has 0 unspecified atom stereocenters. The van der Waals surface area contributed by atoms with Crippen molar-refractivity contribution in [2.24, 2.45) is 0 Å². The van der Waals surface area contributed by atoms with Gasteiger partial charge in [0.05, 0.1) is 5.56 Å². The molecule has 0 aliphatic carbocycles. The van der Waals surface area contributed by atoms with Gasteiger partial charge in [-0.15, -0.1) is 0 Å². The van der Waals surface area contributed by atoms with Crippen LogP contribution < -0.4 is 11.1 Å². The molecule has 0 radical (unpaired) electrons. The highest BCUT2D eigenvalue weighted by atomic mass is 16.3. The summed E-state index contributed by atoms with van der Waals surface area (Å²) in [5, 5.41) is 32.6. The summed E-state index contributed by atoms with van der Waals surface area (Å²) in [6.07, 6.45) is 4.13. The Bertz CT molecular complexity index is 1810. The van der Waals surface area contributed by atoms with Crippen molar-refractivity contribution in [3.63, 3.8) is 0 Å². The number of aromatic nitrogens is 6. The van der Waals surface area contributed by atoms with Crippen molar-refractivity contribution in [3.8, 4) is 29.2 Å². The second-order valence-corrected chi connectivity index (χ2v) is 9.83. The maximum absolute atomic E-state index is 11.0. The zero-order chi connectivity index (χ0) is 28.4. The van der Waals surface area contributed by atoms with Crippen molar-refractivity contribution in [1.29, 1.82) is 10.5 Å². The molecule has 6 rings (SSSR count). The highest BCUT2D eigenvalue weighted by Crippen LogP contribution is 2.31. The number of rotatable bonds is 6. The minimum Gasteiger partial charge on any atom is -0.383 e. The summed E-state index contributed by atoms with van der Waals surface area (Å²) in [4.78, 5) is 23.8. The smallest absolute Gasteiger partial charge is 0.234 e. The number of nitrogen functional groups attached to an aromatic ring is 1. The third kappa shape index (κ3) is 5.25. The van der Waals surface area contributed by atoms with E-state index in [0.717, 1.165) is 11.3 Å². The molecule has 5 heterocycles. The molecular formula is C29H25N11O. The van der Waals surface area contributed by atoms with Crippen LogP contribution in [0.25, 0.3) is 28.2 Å². The summed E-state index contributed by atoms with van der Waals surface area (Å²) >= 11 is 0. The molecule has 4 aromatic heterocycles. The van der Waals surface area contributed by atoms with Crippen LogP contribution in [-0.4, -0.2) is 58.3 Å². The molecule has 4 N–H and O–H groups in total. The van der Waals surface area contributed by atoms with Crippen LogP contribution in [0.5, 0.6) is 0 Å². The molecular weight excluding hydrogens is 518 g/mol. The number of pyridine rings is 2. The first-order chi connectivity index (χ1) is 19.9. The number of fused-ring (bicyclic) bond motifs is 1. The van der Waals surface area contributed by atoms with Crippen molar-refractivity contribution in [2.75, 3.05) is 24.1 Å². The highest BCUT2D eigenvalue weighted by Gasteiger charge is 2.32. The summed E-state index contributed by atoms with van der Waals surface area (Å²) in [6.45, 7) is 2.07. The molecule has 0 amide bonds. The van der Waals surface area contributed by atoms with E-state index in [9.17, 15) is 10.4 Å². The lowest BCUT2D eigenvalue weighted by molar-refractivity contribution is 0.000196. The van der Waals surface area contributed by atoms with Crippen LogP contribution in [0.3, 0.4) is 0 Å². The quantitative estimate of drug-likeness (QED) is 0.268. The molecule has 0 bridgehead atoms. The van der Waals surface area contributed by atoms with E-state index in [1.54, 1.807) is 30.5 Å². The average molecular weight is 544 g/mol. The molecule has 5 aromatic rings. The van der Waals surface area contributed by atoms with E-state index in [0.29, 0.717) is 72.4 Å². The maximum Gasteiger partial charge on any atom is 0.234 e. The number of anilines is 2. The molecule has 0 saturated carbocycles. The molecule has 1 aromatic carbocycles. The Morgan fingerprint density at radius 1 is 0.927 bits per heavy atom. The van der Waals surface area contributed by atoms with E-state index in [2.05, 4.69) is 48.4 Å². The molecule has 1 aliphatic heterocycles. The van der Waals surface area contributed by atoms with Gasteiger partial charge >= 0.3 is 0 Å². The number of nitrogens with zero attached hydrogens (tertiary/aromatic N) is 9. The number of nitriles is 2. The Hall–Kier alpha value is -5.43. The van der Waals surface area contributed by atoms with Crippen molar-refractivity contribution in [1.82, 2.24) is 34.4 Å². The van der Waals surface area contributed by atoms with Gasteiger partial charge in [0.1, 0.15) is 40.7 Å².